The molecule has 0 aliphatic carbocycles. The van der Waals surface area contributed by atoms with Crippen LogP contribution < -0.4 is 4.74 Å². The molecule has 0 unspecified atom stereocenters. The van der Waals surface area contributed by atoms with Crippen LogP contribution in [0.3, 0.4) is 0 Å². The number of aliphatic imine (C=N–C) groups is 1. The molecule has 0 atom stereocenters. The number of carbonyl (C=O) groups excluding carboxylic acids is 1. The van der Waals surface area contributed by atoms with Crippen molar-refractivity contribution in [3.63, 3.8) is 0 Å². The monoisotopic (exact) mass is 413 g/mol. The van der Waals surface area contributed by atoms with Gasteiger partial charge in [0.2, 0.25) is 0 Å². The first-order valence-electron chi connectivity index (χ1n) is 7.47. The number of carbonyl (C=O) groups is 1. The van der Waals surface area contributed by atoms with E-state index < -0.39 is 5.97 Å². The maximum atomic E-state index is 12.1. The van der Waals surface area contributed by atoms with Crippen molar-refractivity contribution in [3.05, 3.63) is 93.4 Å². The SMILES string of the molecule is O=C(Oc1ccc(C=Nc2ccc(Cl)cc2)cc1)c1ccc(Br)cc1. The van der Waals surface area contributed by atoms with Crippen molar-refractivity contribution >= 4 is 45.4 Å². The van der Waals surface area contributed by atoms with Crippen LogP contribution in [-0.4, -0.2) is 12.2 Å². The van der Waals surface area contributed by atoms with Gasteiger partial charge in [-0.1, -0.05) is 27.5 Å². The summed E-state index contributed by atoms with van der Waals surface area (Å²) in [6, 6.07) is 21.4. The van der Waals surface area contributed by atoms with E-state index in [1.165, 1.54) is 0 Å². The van der Waals surface area contributed by atoms with E-state index in [0.29, 0.717) is 16.3 Å². The maximum absolute atomic E-state index is 12.1. The fourth-order valence-electron chi connectivity index (χ4n) is 2.05. The lowest BCUT2D eigenvalue weighted by atomic mass is 10.2. The summed E-state index contributed by atoms with van der Waals surface area (Å²) in [5.74, 6) is 0.0895. The number of hydrogen-bond acceptors (Lipinski definition) is 3. The summed E-state index contributed by atoms with van der Waals surface area (Å²) in [6.07, 6.45) is 1.74. The lowest BCUT2D eigenvalue weighted by molar-refractivity contribution is 0.0735. The van der Waals surface area contributed by atoms with Gasteiger partial charge in [0.15, 0.2) is 0 Å². The Morgan fingerprint density at radius 3 is 2.20 bits per heavy atom. The van der Waals surface area contributed by atoms with Gasteiger partial charge >= 0.3 is 5.97 Å². The predicted molar refractivity (Wildman–Crippen MR) is 104 cm³/mol. The fraction of sp³-hybridized carbons (Fsp3) is 0. The van der Waals surface area contributed by atoms with E-state index in [0.717, 1.165) is 15.7 Å². The van der Waals surface area contributed by atoms with Crippen molar-refractivity contribution < 1.29 is 9.53 Å². The van der Waals surface area contributed by atoms with Gasteiger partial charge in [-0.15, -0.1) is 0 Å². The molecule has 0 spiro atoms. The average molecular weight is 415 g/mol. The standard InChI is InChI=1S/C20H13BrClNO2/c21-16-5-3-15(4-6-16)20(24)25-19-11-1-14(2-12-19)13-23-18-9-7-17(22)8-10-18/h1-13H. The van der Waals surface area contributed by atoms with Crippen molar-refractivity contribution in [1.82, 2.24) is 0 Å². The Morgan fingerprint density at radius 1 is 0.920 bits per heavy atom. The minimum absolute atomic E-state index is 0.393. The van der Waals surface area contributed by atoms with Crippen LogP contribution >= 0.6 is 27.5 Å². The van der Waals surface area contributed by atoms with Gasteiger partial charge in [0.1, 0.15) is 5.75 Å². The zero-order chi connectivity index (χ0) is 17.6. The average Bonchev–Trinajstić information content (AvgIpc) is 2.63. The summed E-state index contributed by atoms with van der Waals surface area (Å²) in [4.78, 5) is 16.4. The third-order valence-electron chi connectivity index (χ3n) is 3.36. The van der Waals surface area contributed by atoms with Crippen molar-refractivity contribution in [1.29, 1.82) is 0 Å². The molecule has 3 nitrogen and oxygen atoms in total. The summed E-state index contributed by atoms with van der Waals surface area (Å²) in [7, 11) is 0. The predicted octanol–water partition coefficient (Wildman–Crippen LogP) is 6.07. The molecule has 0 saturated heterocycles. The highest BCUT2D eigenvalue weighted by atomic mass is 79.9. The molecular weight excluding hydrogens is 402 g/mol. The summed E-state index contributed by atoms with van der Waals surface area (Å²) >= 11 is 9.18. The Hall–Kier alpha value is -2.43. The van der Waals surface area contributed by atoms with Crippen LogP contribution in [0.5, 0.6) is 5.75 Å². The molecule has 3 rings (SSSR count). The maximum Gasteiger partial charge on any atom is 0.343 e. The number of rotatable bonds is 4. The molecule has 0 aliphatic heterocycles. The molecular formula is C20H13BrClNO2. The number of benzene rings is 3. The molecule has 0 radical (unpaired) electrons. The third kappa shape index (κ3) is 5.02. The summed E-state index contributed by atoms with van der Waals surface area (Å²) < 4.78 is 6.27. The second-order valence-corrected chi connectivity index (χ2v) is 6.55. The Bertz CT molecular complexity index is 888. The smallest absolute Gasteiger partial charge is 0.343 e. The molecule has 124 valence electrons. The van der Waals surface area contributed by atoms with Crippen LogP contribution in [0.4, 0.5) is 5.69 Å². The Morgan fingerprint density at radius 2 is 1.56 bits per heavy atom. The molecule has 5 heteroatoms. The topological polar surface area (TPSA) is 38.7 Å². The Balaban J connectivity index is 1.64. The van der Waals surface area contributed by atoms with E-state index in [1.54, 1.807) is 54.7 Å². The molecule has 3 aromatic rings. The van der Waals surface area contributed by atoms with Gasteiger partial charge in [-0.05, 0) is 78.4 Å². The number of halogens is 2. The third-order valence-corrected chi connectivity index (χ3v) is 4.14. The van der Waals surface area contributed by atoms with E-state index in [4.69, 9.17) is 16.3 Å². The first-order chi connectivity index (χ1) is 12.1. The van der Waals surface area contributed by atoms with Crippen molar-refractivity contribution in [2.75, 3.05) is 0 Å². The quantitative estimate of drug-likeness (QED) is 0.295. The fourth-order valence-corrected chi connectivity index (χ4v) is 2.44. The van der Waals surface area contributed by atoms with E-state index in [2.05, 4.69) is 20.9 Å². The van der Waals surface area contributed by atoms with E-state index >= 15 is 0 Å². The van der Waals surface area contributed by atoms with E-state index in [9.17, 15) is 4.79 Å². The zero-order valence-corrected chi connectivity index (χ0v) is 15.4. The van der Waals surface area contributed by atoms with Gasteiger partial charge in [0, 0.05) is 15.7 Å². The molecule has 0 saturated carbocycles. The highest BCUT2D eigenvalue weighted by molar-refractivity contribution is 9.10. The number of hydrogen-bond donors (Lipinski definition) is 0. The second kappa shape index (κ2) is 8.10. The summed E-state index contributed by atoms with van der Waals surface area (Å²) in [5.41, 5.74) is 2.21. The van der Waals surface area contributed by atoms with E-state index in [1.807, 2.05) is 24.3 Å². The molecule has 0 heterocycles. The highest BCUT2D eigenvalue weighted by Crippen LogP contribution is 2.18. The second-order valence-electron chi connectivity index (χ2n) is 5.20. The van der Waals surface area contributed by atoms with Gasteiger partial charge in [-0.25, -0.2) is 4.79 Å². The van der Waals surface area contributed by atoms with Gasteiger partial charge in [-0.3, -0.25) is 4.99 Å². The molecule has 3 aromatic carbocycles. The molecule has 0 aromatic heterocycles. The number of esters is 1. The van der Waals surface area contributed by atoms with Crippen LogP contribution in [0.1, 0.15) is 15.9 Å². The van der Waals surface area contributed by atoms with Gasteiger partial charge < -0.3 is 4.74 Å². The molecule has 0 N–H and O–H groups in total. The van der Waals surface area contributed by atoms with Crippen LogP contribution in [0.2, 0.25) is 5.02 Å². The first-order valence-corrected chi connectivity index (χ1v) is 8.65. The van der Waals surface area contributed by atoms with Crippen LogP contribution in [0.15, 0.2) is 82.3 Å². The van der Waals surface area contributed by atoms with E-state index in [-0.39, 0.29) is 0 Å². The van der Waals surface area contributed by atoms with Gasteiger partial charge in [-0.2, -0.15) is 0 Å². The highest BCUT2D eigenvalue weighted by Gasteiger charge is 2.08. The first kappa shape index (κ1) is 17.4. The largest absolute Gasteiger partial charge is 0.423 e. The van der Waals surface area contributed by atoms with Gasteiger partial charge in [0.25, 0.3) is 0 Å². The molecule has 25 heavy (non-hydrogen) atoms. The molecule has 0 fully saturated rings. The van der Waals surface area contributed by atoms with Crippen molar-refractivity contribution in [2.24, 2.45) is 4.99 Å². The van der Waals surface area contributed by atoms with Crippen LogP contribution in [-0.2, 0) is 0 Å². The van der Waals surface area contributed by atoms with Crippen LogP contribution in [0, 0.1) is 0 Å². The summed E-state index contributed by atoms with van der Waals surface area (Å²) in [6.45, 7) is 0. The summed E-state index contributed by atoms with van der Waals surface area (Å²) in [5, 5.41) is 0.677. The van der Waals surface area contributed by atoms with Crippen LogP contribution in [0.25, 0.3) is 0 Å². The zero-order valence-electron chi connectivity index (χ0n) is 13.0. The minimum atomic E-state index is -0.393. The van der Waals surface area contributed by atoms with Crippen molar-refractivity contribution in [2.45, 2.75) is 0 Å². The minimum Gasteiger partial charge on any atom is -0.423 e. The van der Waals surface area contributed by atoms with Gasteiger partial charge in [0.05, 0.1) is 11.3 Å². The Kier molecular flexibility index (Phi) is 5.64. The lowest BCUT2D eigenvalue weighted by Crippen LogP contribution is -2.08. The number of ether oxygens (including phenoxy) is 1. The van der Waals surface area contributed by atoms with Crippen molar-refractivity contribution in [3.8, 4) is 5.75 Å². The lowest BCUT2D eigenvalue weighted by Gasteiger charge is -2.04. The molecule has 0 bridgehead atoms. The normalized spacial score (nSPS) is 10.8. The number of nitrogens with zero attached hydrogens (tertiary/aromatic N) is 1. The Labute approximate surface area is 159 Å². The molecule has 0 amide bonds. The molecule has 0 aliphatic rings.